The van der Waals surface area contributed by atoms with Gasteiger partial charge in [0.05, 0.1) is 6.10 Å². The molecule has 0 N–H and O–H groups in total. The van der Waals surface area contributed by atoms with E-state index in [1.807, 2.05) is 0 Å². The normalized spacial score (nSPS) is 23.6. The molecule has 22 heavy (non-hydrogen) atoms. The maximum Gasteiger partial charge on any atom is 0.511 e. The van der Waals surface area contributed by atoms with Gasteiger partial charge in [-0.1, -0.05) is 25.7 Å². The summed E-state index contributed by atoms with van der Waals surface area (Å²) in [5.41, 5.74) is 0. The topological polar surface area (TPSA) is 57.3 Å². The van der Waals surface area contributed by atoms with E-state index in [9.17, 15) is 4.79 Å². The van der Waals surface area contributed by atoms with Gasteiger partial charge in [0.15, 0.2) is 0 Å². The largest absolute Gasteiger partial charge is 0.511 e. The van der Waals surface area contributed by atoms with Crippen LogP contribution in [0.15, 0.2) is 0 Å². The van der Waals surface area contributed by atoms with E-state index < -0.39 is 11.9 Å². The van der Waals surface area contributed by atoms with Crippen LogP contribution in [0, 0.1) is 5.92 Å². The summed E-state index contributed by atoms with van der Waals surface area (Å²) >= 11 is 0. The Morgan fingerprint density at radius 1 is 1.18 bits per heavy atom. The number of carbonyl (C=O) groups excluding carboxylic acids is 1. The van der Waals surface area contributed by atoms with E-state index in [4.69, 9.17) is 18.9 Å². The van der Waals surface area contributed by atoms with Crippen LogP contribution in [0.2, 0.25) is 0 Å². The van der Waals surface area contributed by atoms with Gasteiger partial charge in [0.2, 0.25) is 5.79 Å². The first-order chi connectivity index (χ1) is 10.6. The fraction of sp³-hybridized carbons (Fsp3) is 0.941. The number of hydrogen-bond acceptors (Lipinski definition) is 5. The molecule has 0 aromatic rings. The van der Waals surface area contributed by atoms with Gasteiger partial charge >= 0.3 is 6.16 Å². The van der Waals surface area contributed by atoms with E-state index in [2.05, 4.69) is 0 Å². The lowest BCUT2D eigenvalue weighted by atomic mass is 10.1. The third-order valence-corrected chi connectivity index (χ3v) is 4.03. The highest BCUT2D eigenvalue weighted by atomic mass is 16.9. The fourth-order valence-corrected chi connectivity index (χ4v) is 2.41. The number of hydrogen-bond donors (Lipinski definition) is 0. The Kier molecular flexibility index (Phi) is 6.96. The van der Waals surface area contributed by atoms with Crippen LogP contribution >= 0.6 is 0 Å². The Bertz CT molecular complexity index is 334. The Morgan fingerprint density at radius 3 is 2.55 bits per heavy atom. The average molecular weight is 314 g/mol. The van der Waals surface area contributed by atoms with Gasteiger partial charge in [-0.05, 0) is 39.0 Å². The highest BCUT2D eigenvalue weighted by molar-refractivity contribution is 5.60. The standard InChI is InChI=1S/C17H30O5/c1-14(2)21-16(18)22-17(13-20-17)10-5-3-4-6-11-19-12-9-15-7-8-15/h14-15H,3-13H2,1-2H3. The van der Waals surface area contributed by atoms with Crippen molar-refractivity contribution < 1.29 is 23.7 Å². The lowest BCUT2D eigenvalue weighted by molar-refractivity contribution is -0.0485. The van der Waals surface area contributed by atoms with Gasteiger partial charge in [0.1, 0.15) is 6.61 Å². The van der Waals surface area contributed by atoms with E-state index in [1.165, 1.54) is 19.3 Å². The molecule has 0 bridgehead atoms. The highest BCUT2D eigenvalue weighted by Gasteiger charge is 2.49. The second-order valence-corrected chi connectivity index (χ2v) is 6.73. The summed E-state index contributed by atoms with van der Waals surface area (Å²) in [4.78, 5) is 11.5. The minimum atomic E-state index is -0.702. The smallest absolute Gasteiger partial charge is 0.432 e. The molecule has 1 heterocycles. The van der Waals surface area contributed by atoms with Crippen LogP contribution in [0.5, 0.6) is 0 Å². The summed E-state index contributed by atoms with van der Waals surface area (Å²) in [5.74, 6) is 0.254. The summed E-state index contributed by atoms with van der Waals surface area (Å²) in [5, 5.41) is 0. The lowest BCUT2D eigenvalue weighted by Crippen LogP contribution is -2.24. The minimum Gasteiger partial charge on any atom is -0.432 e. The number of unbranched alkanes of at least 4 members (excludes halogenated alkanes) is 3. The van der Waals surface area contributed by atoms with Gasteiger partial charge < -0.3 is 18.9 Å². The predicted octanol–water partition coefficient (Wildman–Crippen LogP) is 4.04. The van der Waals surface area contributed by atoms with Gasteiger partial charge in [-0.3, -0.25) is 0 Å². The van der Waals surface area contributed by atoms with Gasteiger partial charge in [0.25, 0.3) is 0 Å². The Hall–Kier alpha value is -0.810. The molecule has 128 valence electrons. The first-order valence-corrected chi connectivity index (χ1v) is 8.71. The molecule has 0 spiro atoms. The van der Waals surface area contributed by atoms with Gasteiger partial charge in [0, 0.05) is 19.6 Å². The Morgan fingerprint density at radius 2 is 1.91 bits per heavy atom. The third kappa shape index (κ3) is 7.45. The molecular formula is C17H30O5. The molecule has 0 aromatic heterocycles. The zero-order valence-electron chi connectivity index (χ0n) is 14.0. The molecule has 1 unspecified atom stereocenters. The molecule has 1 aliphatic carbocycles. The SMILES string of the molecule is CC(C)OC(=O)OC1(CCCCCCOCCC2CC2)CO1. The molecule has 1 atom stereocenters. The summed E-state index contributed by atoms with van der Waals surface area (Å²) in [7, 11) is 0. The van der Waals surface area contributed by atoms with Crippen LogP contribution in [0.25, 0.3) is 0 Å². The van der Waals surface area contributed by atoms with Gasteiger partial charge in [-0.2, -0.15) is 0 Å². The molecular weight excluding hydrogens is 284 g/mol. The molecule has 0 radical (unpaired) electrons. The molecule has 1 saturated heterocycles. The highest BCUT2D eigenvalue weighted by Crippen LogP contribution is 2.35. The van der Waals surface area contributed by atoms with Gasteiger partial charge in [-0.15, -0.1) is 0 Å². The number of rotatable bonds is 12. The molecule has 5 nitrogen and oxygen atoms in total. The van der Waals surface area contributed by atoms with Crippen molar-refractivity contribution in [1.29, 1.82) is 0 Å². The molecule has 2 rings (SSSR count). The molecule has 2 aliphatic rings. The van der Waals surface area contributed by atoms with Crippen molar-refractivity contribution in [1.82, 2.24) is 0 Å². The van der Waals surface area contributed by atoms with Crippen molar-refractivity contribution >= 4 is 6.16 Å². The van der Waals surface area contributed by atoms with Crippen molar-refractivity contribution in [3.63, 3.8) is 0 Å². The zero-order chi connectivity index (χ0) is 15.8. The number of carbonyl (C=O) groups is 1. The van der Waals surface area contributed by atoms with Crippen molar-refractivity contribution in [3.05, 3.63) is 0 Å². The number of ether oxygens (including phenoxy) is 4. The van der Waals surface area contributed by atoms with E-state index in [0.29, 0.717) is 6.61 Å². The molecule has 0 aromatic carbocycles. The molecule has 0 amide bonds. The first kappa shape index (κ1) is 17.5. The average Bonchev–Trinajstić information content (AvgIpc) is 3.33. The van der Waals surface area contributed by atoms with Crippen LogP contribution < -0.4 is 0 Å². The van der Waals surface area contributed by atoms with Crippen LogP contribution in [0.4, 0.5) is 4.79 Å². The quantitative estimate of drug-likeness (QED) is 0.309. The summed E-state index contributed by atoms with van der Waals surface area (Å²) in [6.45, 7) is 5.88. The lowest BCUT2D eigenvalue weighted by Gasteiger charge is -2.14. The summed E-state index contributed by atoms with van der Waals surface area (Å²) in [6, 6.07) is 0. The second kappa shape index (κ2) is 8.73. The van der Waals surface area contributed by atoms with Crippen molar-refractivity contribution in [2.24, 2.45) is 5.92 Å². The predicted molar refractivity (Wildman–Crippen MR) is 82.6 cm³/mol. The third-order valence-electron chi connectivity index (χ3n) is 4.03. The van der Waals surface area contributed by atoms with Crippen molar-refractivity contribution in [2.45, 2.75) is 77.1 Å². The van der Waals surface area contributed by atoms with E-state index in [-0.39, 0.29) is 6.10 Å². The van der Waals surface area contributed by atoms with E-state index in [0.717, 1.165) is 51.2 Å². The van der Waals surface area contributed by atoms with Crippen molar-refractivity contribution in [2.75, 3.05) is 19.8 Å². The monoisotopic (exact) mass is 314 g/mol. The van der Waals surface area contributed by atoms with Crippen molar-refractivity contribution in [3.8, 4) is 0 Å². The molecule has 1 aliphatic heterocycles. The molecule has 2 fully saturated rings. The van der Waals surface area contributed by atoms with Crippen LogP contribution in [-0.4, -0.2) is 37.9 Å². The Labute approximate surface area is 133 Å². The summed E-state index contributed by atoms with van der Waals surface area (Å²) < 4.78 is 21.1. The molecule has 1 saturated carbocycles. The first-order valence-electron chi connectivity index (χ1n) is 8.71. The van der Waals surface area contributed by atoms with E-state index >= 15 is 0 Å². The maximum absolute atomic E-state index is 11.5. The molecule has 5 heteroatoms. The van der Waals surface area contributed by atoms with Crippen LogP contribution in [-0.2, 0) is 18.9 Å². The van der Waals surface area contributed by atoms with Gasteiger partial charge in [-0.25, -0.2) is 4.79 Å². The second-order valence-electron chi connectivity index (χ2n) is 6.73. The summed E-state index contributed by atoms with van der Waals surface area (Å²) in [6.07, 6.45) is 8.37. The Balaban J connectivity index is 1.40. The maximum atomic E-state index is 11.5. The minimum absolute atomic E-state index is 0.164. The zero-order valence-corrected chi connectivity index (χ0v) is 14.0. The van der Waals surface area contributed by atoms with Crippen LogP contribution in [0.3, 0.4) is 0 Å². The van der Waals surface area contributed by atoms with E-state index in [1.54, 1.807) is 13.8 Å². The van der Waals surface area contributed by atoms with Crippen LogP contribution in [0.1, 0.15) is 65.2 Å². The number of epoxide rings is 1. The fourth-order valence-electron chi connectivity index (χ4n) is 2.41.